The van der Waals surface area contributed by atoms with Crippen LogP contribution in [0.1, 0.15) is 11.1 Å². The average molecular weight is 363 g/mol. The van der Waals surface area contributed by atoms with E-state index in [-0.39, 0.29) is 0 Å². The van der Waals surface area contributed by atoms with Crippen LogP contribution >= 0.6 is 23.2 Å². The van der Waals surface area contributed by atoms with Gasteiger partial charge < -0.3 is 10.2 Å². The van der Waals surface area contributed by atoms with E-state index in [9.17, 15) is 0 Å². The molecule has 0 aliphatic carbocycles. The first-order chi connectivity index (χ1) is 11.7. The van der Waals surface area contributed by atoms with Crippen LogP contribution in [0, 0.1) is 0 Å². The van der Waals surface area contributed by atoms with Gasteiger partial charge in [0, 0.05) is 11.8 Å². The molecule has 0 aliphatic heterocycles. The molecule has 0 atom stereocenters. The highest BCUT2D eigenvalue weighted by atomic mass is 35.5. The second-order valence-corrected chi connectivity index (χ2v) is 5.29. The lowest BCUT2D eigenvalue weighted by molar-refractivity contribution is 0.475. The molecule has 24 heavy (non-hydrogen) atoms. The van der Waals surface area contributed by atoms with E-state index in [4.69, 9.17) is 33.4 Å². The highest BCUT2D eigenvalue weighted by Crippen LogP contribution is 2.08. The fraction of sp³-hybridized carbons (Fsp3) is 0.100. The zero-order valence-electron chi connectivity index (χ0n) is 13.1. The van der Waals surface area contributed by atoms with E-state index >= 15 is 0 Å². The molecule has 0 saturated heterocycles. The largest absolute Gasteiger partial charge is 0.508 e. The van der Waals surface area contributed by atoms with E-state index in [1.54, 1.807) is 48.5 Å². The van der Waals surface area contributed by atoms with Gasteiger partial charge in [0.05, 0.1) is 0 Å². The number of alkyl halides is 2. The van der Waals surface area contributed by atoms with Crippen LogP contribution in [0.25, 0.3) is 0 Å². The Bertz CT molecular complexity index is 596. The smallest absolute Gasteiger partial charge is 0.115 e. The van der Waals surface area contributed by atoms with Crippen LogP contribution in [0.2, 0.25) is 0 Å². The van der Waals surface area contributed by atoms with Crippen molar-refractivity contribution in [1.82, 2.24) is 0 Å². The molecule has 2 nitrogen and oxygen atoms in total. The van der Waals surface area contributed by atoms with Gasteiger partial charge in [-0.05, 0) is 35.4 Å². The second-order valence-electron chi connectivity index (χ2n) is 4.75. The summed E-state index contributed by atoms with van der Waals surface area (Å²) in [5.41, 5.74) is 2.27. The normalized spacial score (nSPS) is 9.08. The summed E-state index contributed by atoms with van der Waals surface area (Å²) in [6.45, 7) is 0. The number of halogens is 2. The summed E-state index contributed by atoms with van der Waals surface area (Å²) in [6.07, 6.45) is 0. The van der Waals surface area contributed by atoms with Crippen molar-refractivity contribution >= 4 is 23.2 Å². The Kier molecular flexibility index (Phi) is 10.2. The number of phenols is 2. The SMILES string of the molecule is ClCc1ccc(CCl)cc1.Oc1ccccc1.Oc1ccccc1. The Morgan fingerprint density at radius 3 is 0.958 bits per heavy atom. The van der Waals surface area contributed by atoms with E-state index in [1.165, 1.54) is 0 Å². The van der Waals surface area contributed by atoms with Crippen molar-refractivity contribution in [3.8, 4) is 11.5 Å². The lowest BCUT2D eigenvalue weighted by atomic mass is 10.2. The van der Waals surface area contributed by atoms with E-state index in [2.05, 4.69) is 0 Å². The summed E-state index contributed by atoms with van der Waals surface area (Å²) in [6, 6.07) is 25.4. The van der Waals surface area contributed by atoms with Crippen molar-refractivity contribution in [2.45, 2.75) is 11.8 Å². The standard InChI is InChI=1S/C8H8Cl2.2C6H6O/c9-5-7-1-2-8(6-10)4-3-7;2*7-6-4-2-1-3-5-6/h1-4H,5-6H2;2*1-5,7H. The summed E-state index contributed by atoms with van der Waals surface area (Å²) in [4.78, 5) is 0. The molecule has 0 aliphatic rings. The molecule has 0 aromatic heterocycles. The topological polar surface area (TPSA) is 40.5 Å². The van der Waals surface area contributed by atoms with Crippen molar-refractivity contribution in [3.05, 3.63) is 96.1 Å². The predicted octanol–water partition coefficient (Wildman–Crippen LogP) is 5.95. The first-order valence-electron chi connectivity index (χ1n) is 7.33. The molecule has 3 rings (SSSR count). The highest BCUT2D eigenvalue weighted by Gasteiger charge is 1.90. The molecular weight excluding hydrogens is 343 g/mol. The van der Waals surface area contributed by atoms with Gasteiger partial charge in [-0.25, -0.2) is 0 Å². The molecule has 0 bridgehead atoms. The highest BCUT2D eigenvalue weighted by molar-refractivity contribution is 6.17. The molecule has 4 heteroatoms. The summed E-state index contributed by atoms with van der Waals surface area (Å²) < 4.78 is 0. The molecule has 0 unspecified atom stereocenters. The number of aromatic hydroxyl groups is 2. The zero-order valence-corrected chi connectivity index (χ0v) is 14.7. The molecule has 126 valence electrons. The van der Waals surface area contributed by atoms with Crippen LogP contribution in [-0.2, 0) is 11.8 Å². The minimum atomic E-state index is 0.322. The first kappa shape index (κ1) is 19.9. The second kappa shape index (κ2) is 12.3. The van der Waals surface area contributed by atoms with Crippen LogP contribution in [0.15, 0.2) is 84.9 Å². The molecular formula is C20H20Cl2O2. The summed E-state index contributed by atoms with van der Waals surface area (Å²) >= 11 is 11.2. The number of para-hydroxylation sites is 2. The van der Waals surface area contributed by atoms with E-state index in [0.717, 1.165) is 11.1 Å². The van der Waals surface area contributed by atoms with E-state index < -0.39 is 0 Å². The number of hydrogen-bond acceptors (Lipinski definition) is 2. The maximum absolute atomic E-state index is 8.63. The number of rotatable bonds is 2. The number of phenolic OH excluding ortho intramolecular Hbond substituents is 2. The van der Waals surface area contributed by atoms with Crippen LogP contribution in [0.3, 0.4) is 0 Å². The Morgan fingerprint density at radius 2 is 0.792 bits per heavy atom. The van der Waals surface area contributed by atoms with Gasteiger partial charge in [-0.3, -0.25) is 0 Å². The molecule has 0 radical (unpaired) electrons. The Labute approximate surface area is 152 Å². The van der Waals surface area contributed by atoms with Gasteiger partial charge in [-0.15, -0.1) is 23.2 Å². The van der Waals surface area contributed by atoms with Gasteiger partial charge in [0.25, 0.3) is 0 Å². The fourth-order valence-corrected chi connectivity index (χ4v) is 1.93. The number of hydrogen-bond donors (Lipinski definition) is 2. The average Bonchev–Trinajstić information content (AvgIpc) is 2.64. The molecule has 2 N–H and O–H groups in total. The number of benzene rings is 3. The molecule has 3 aromatic rings. The third-order valence-electron chi connectivity index (χ3n) is 2.84. The quantitative estimate of drug-likeness (QED) is 0.553. The monoisotopic (exact) mass is 362 g/mol. The maximum Gasteiger partial charge on any atom is 0.115 e. The van der Waals surface area contributed by atoms with Gasteiger partial charge in [0.1, 0.15) is 11.5 Å². The Morgan fingerprint density at radius 1 is 0.500 bits per heavy atom. The van der Waals surface area contributed by atoms with Gasteiger partial charge in [-0.2, -0.15) is 0 Å². The lowest BCUT2D eigenvalue weighted by Gasteiger charge is -1.95. The van der Waals surface area contributed by atoms with Crippen molar-refractivity contribution in [3.63, 3.8) is 0 Å². The minimum absolute atomic E-state index is 0.322. The molecule has 3 aromatic carbocycles. The minimum Gasteiger partial charge on any atom is -0.508 e. The van der Waals surface area contributed by atoms with Crippen molar-refractivity contribution in [1.29, 1.82) is 0 Å². The molecule has 0 saturated carbocycles. The van der Waals surface area contributed by atoms with Gasteiger partial charge >= 0.3 is 0 Å². The van der Waals surface area contributed by atoms with E-state index in [1.807, 2.05) is 36.4 Å². The third-order valence-corrected chi connectivity index (χ3v) is 3.46. The zero-order chi connectivity index (χ0) is 17.6. The Balaban J connectivity index is 0.000000185. The fourth-order valence-electron chi connectivity index (χ4n) is 1.57. The van der Waals surface area contributed by atoms with Gasteiger partial charge in [0.2, 0.25) is 0 Å². The van der Waals surface area contributed by atoms with Crippen LogP contribution in [0.4, 0.5) is 0 Å². The molecule has 0 spiro atoms. The lowest BCUT2D eigenvalue weighted by Crippen LogP contribution is -1.79. The van der Waals surface area contributed by atoms with Gasteiger partial charge in [-0.1, -0.05) is 60.7 Å². The van der Waals surface area contributed by atoms with Crippen molar-refractivity contribution in [2.24, 2.45) is 0 Å². The molecule has 0 fully saturated rings. The van der Waals surface area contributed by atoms with Gasteiger partial charge in [0.15, 0.2) is 0 Å². The van der Waals surface area contributed by atoms with Crippen molar-refractivity contribution < 1.29 is 10.2 Å². The Hall–Kier alpha value is -2.16. The summed E-state index contributed by atoms with van der Waals surface area (Å²) in [7, 11) is 0. The summed E-state index contributed by atoms with van der Waals surface area (Å²) in [5.74, 6) is 1.79. The molecule has 0 amide bonds. The molecule has 0 heterocycles. The van der Waals surface area contributed by atoms with Crippen LogP contribution in [0.5, 0.6) is 11.5 Å². The summed E-state index contributed by atoms with van der Waals surface area (Å²) in [5, 5.41) is 17.3. The van der Waals surface area contributed by atoms with Crippen LogP contribution in [-0.4, -0.2) is 10.2 Å². The van der Waals surface area contributed by atoms with E-state index in [0.29, 0.717) is 23.3 Å². The third kappa shape index (κ3) is 9.09. The maximum atomic E-state index is 8.63. The van der Waals surface area contributed by atoms with Crippen LogP contribution < -0.4 is 0 Å². The predicted molar refractivity (Wildman–Crippen MR) is 102 cm³/mol. The van der Waals surface area contributed by atoms with Crippen molar-refractivity contribution in [2.75, 3.05) is 0 Å². The first-order valence-corrected chi connectivity index (χ1v) is 8.40.